The molecule has 0 spiro atoms. The number of aryl methyl sites for hydroxylation is 1. The van der Waals surface area contributed by atoms with E-state index in [1.165, 1.54) is 12.8 Å². The summed E-state index contributed by atoms with van der Waals surface area (Å²) in [5.41, 5.74) is 6.13. The topological polar surface area (TPSA) is 72.5 Å². The molecule has 0 bridgehead atoms. The van der Waals surface area contributed by atoms with Crippen molar-refractivity contribution in [3.8, 4) is 0 Å². The first-order valence-corrected chi connectivity index (χ1v) is 6.19. The Morgan fingerprint density at radius 1 is 1.42 bits per heavy atom. The van der Waals surface area contributed by atoms with Crippen LogP contribution >= 0.6 is 0 Å². The van der Waals surface area contributed by atoms with E-state index in [1.54, 1.807) is 0 Å². The number of halogens is 2. The molecule has 5 nitrogen and oxygen atoms in total. The average molecular weight is 304 g/mol. The van der Waals surface area contributed by atoms with Crippen molar-refractivity contribution in [3.05, 3.63) is 24.0 Å². The molecule has 2 heterocycles. The van der Waals surface area contributed by atoms with Crippen LogP contribution in [0.15, 0.2) is 18.3 Å². The van der Waals surface area contributed by atoms with Gasteiger partial charge in [0.05, 0.1) is 18.2 Å². The van der Waals surface area contributed by atoms with Gasteiger partial charge in [-0.05, 0) is 13.3 Å². The maximum absolute atomic E-state index is 4.47. The van der Waals surface area contributed by atoms with Gasteiger partial charge < -0.3 is 35.9 Å². The largest absolute Gasteiger partial charge is 1.00 e. The summed E-state index contributed by atoms with van der Waals surface area (Å²) < 4.78 is 1.99. The zero-order valence-electron chi connectivity index (χ0n) is 10.9. The van der Waals surface area contributed by atoms with E-state index in [-0.39, 0.29) is 24.8 Å². The number of fused-ring (bicyclic) bond motifs is 1. The van der Waals surface area contributed by atoms with Crippen LogP contribution in [-0.4, -0.2) is 22.2 Å². The molecule has 2 aromatic heterocycles. The lowest BCUT2D eigenvalue weighted by Crippen LogP contribution is -3.00. The van der Waals surface area contributed by atoms with Crippen LogP contribution in [0.3, 0.4) is 0 Å². The Hall–Kier alpha value is -1.04. The van der Waals surface area contributed by atoms with Crippen molar-refractivity contribution in [1.29, 1.82) is 0 Å². The third-order valence-corrected chi connectivity index (χ3v) is 3.44. The van der Waals surface area contributed by atoms with Crippen LogP contribution in [0.1, 0.15) is 25.0 Å². The molecule has 0 aliphatic heterocycles. The number of H-pyrrole nitrogens is 1. The lowest BCUT2D eigenvalue weighted by Gasteiger charge is -2.08. The molecule has 0 amide bonds. The number of quaternary nitrogens is 1. The first-order valence-electron chi connectivity index (χ1n) is 6.19. The molecule has 106 valence electrons. The molecule has 1 saturated carbocycles. The molecule has 1 fully saturated rings. The molecular formula is C12H19Cl2N5. The number of rotatable bonds is 2. The summed E-state index contributed by atoms with van der Waals surface area (Å²) in [6, 6.07) is 5.20. The monoisotopic (exact) mass is 303 g/mol. The van der Waals surface area contributed by atoms with Gasteiger partial charge in [0.25, 0.3) is 5.65 Å². The second kappa shape index (κ2) is 6.41. The van der Waals surface area contributed by atoms with Gasteiger partial charge in [0.2, 0.25) is 5.82 Å². The van der Waals surface area contributed by atoms with Gasteiger partial charge in [-0.15, -0.1) is 9.50 Å². The minimum Gasteiger partial charge on any atom is -1.00 e. The van der Waals surface area contributed by atoms with Crippen LogP contribution in [-0.2, 0) is 0 Å². The van der Waals surface area contributed by atoms with Gasteiger partial charge in [0, 0.05) is 25.1 Å². The lowest BCUT2D eigenvalue weighted by atomic mass is 10.2. The Balaban J connectivity index is 0.000000902. The van der Waals surface area contributed by atoms with Crippen LogP contribution in [0, 0.1) is 6.92 Å². The summed E-state index contributed by atoms with van der Waals surface area (Å²) in [6.07, 6.45) is 5.49. The number of hydrogen-bond donors (Lipinski definition) is 3. The summed E-state index contributed by atoms with van der Waals surface area (Å²) in [4.78, 5) is 4.47. The average Bonchev–Trinajstić information content (AvgIpc) is 2.87. The standard InChI is InChI=1S/C12H17N5.2ClH/c1-8-6-12(16-10-3-2-9(13)7-10)17-11(15-8)4-5-14-17;;/h4-6,9-10H,2-3,7,13H2,1H3,(H,14,15,16);2*1H/t9-,10+;;/m1../s1. The van der Waals surface area contributed by atoms with Crippen molar-refractivity contribution in [2.45, 2.75) is 38.3 Å². The first kappa shape index (κ1) is 16.0. The van der Waals surface area contributed by atoms with Gasteiger partial charge >= 0.3 is 0 Å². The fourth-order valence-electron chi connectivity index (χ4n) is 2.60. The van der Waals surface area contributed by atoms with E-state index in [2.05, 4.69) is 27.2 Å². The number of nitrogens with zero attached hydrogens (tertiary/aromatic N) is 2. The zero-order chi connectivity index (χ0) is 11.8. The SMILES string of the molecule is Cc1cc(N[C@H]2CC[C@@H]([NH3+])C2)[n+]2[nH]ccc2n1.[Cl-].[Cl-]. The van der Waals surface area contributed by atoms with Crippen molar-refractivity contribution >= 4 is 11.5 Å². The fourth-order valence-corrected chi connectivity index (χ4v) is 2.60. The van der Waals surface area contributed by atoms with Gasteiger partial charge in [0.15, 0.2) is 0 Å². The Morgan fingerprint density at radius 2 is 2.21 bits per heavy atom. The third-order valence-electron chi connectivity index (χ3n) is 3.44. The van der Waals surface area contributed by atoms with Crippen LogP contribution < -0.4 is 40.4 Å². The van der Waals surface area contributed by atoms with Gasteiger partial charge in [-0.25, -0.2) is 0 Å². The van der Waals surface area contributed by atoms with Crippen molar-refractivity contribution in [2.75, 3.05) is 5.32 Å². The van der Waals surface area contributed by atoms with Crippen molar-refractivity contribution < 1.29 is 35.1 Å². The van der Waals surface area contributed by atoms with E-state index in [0.717, 1.165) is 23.6 Å². The predicted molar refractivity (Wildman–Crippen MR) is 64.4 cm³/mol. The molecular weight excluding hydrogens is 285 g/mol. The predicted octanol–water partition coefficient (Wildman–Crippen LogP) is -5.96. The minimum atomic E-state index is 0. The molecule has 1 aliphatic carbocycles. The first-order chi connectivity index (χ1) is 8.22. The highest BCUT2D eigenvalue weighted by atomic mass is 35.5. The highest BCUT2D eigenvalue weighted by Crippen LogP contribution is 2.19. The zero-order valence-corrected chi connectivity index (χ0v) is 12.4. The van der Waals surface area contributed by atoms with E-state index in [9.17, 15) is 0 Å². The summed E-state index contributed by atoms with van der Waals surface area (Å²) in [5, 5.41) is 6.77. The highest BCUT2D eigenvalue weighted by molar-refractivity contribution is 5.38. The molecule has 19 heavy (non-hydrogen) atoms. The van der Waals surface area contributed by atoms with E-state index in [4.69, 9.17) is 0 Å². The number of anilines is 1. The lowest BCUT2D eigenvalue weighted by molar-refractivity contribution is -0.564. The molecule has 3 rings (SSSR count). The van der Waals surface area contributed by atoms with E-state index >= 15 is 0 Å². The number of nitrogens with one attached hydrogen (secondary N) is 2. The summed E-state index contributed by atoms with van der Waals surface area (Å²) >= 11 is 0. The molecule has 5 N–H and O–H groups in total. The smallest absolute Gasteiger partial charge is 0.286 e. The summed E-state index contributed by atoms with van der Waals surface area (Å²) in [7, 11) is 0. The van der Waals surface area contributed by atoms with Crippen LogP contribution in [0.4, 0.5) is 5.82 Å². The molecule has 0 unspecified atom stereocenters. The molecule has 0 radical (unpaired) electrons. The van der Waals surface area contributed by atoms with E-state index in [0.29, 0.717) is 12.1 Å². The fraction of sp³-hybridized carbons (Fsp3) is 0.500. The summed E-state index contributed by atoms with van der Waals surface area (Å²) in [6.45, 7) is 2.02. The molecule has 1 aliphatic rings. The Bertz CT molecular complexity index is 542. The molecule has 2 atom stereocenters. The second-order valence-electron chi connectivity index (χ2n) is 4.96. The van der Waals surface area contributed by atoms with Crippen molar-refractivity contribution in [2.24, 2.45) is 0 Å². The van der Waals surface area contributed by atoms with E-state index < -0.39 is 0 Å². The molecule has 0 saturated heterocycles. The van der Waals surface area contributed by atoms with Gasteiger partial charge in [0.1, 0.15) is 5.69 Å². The van der Waals surface area contributed by atoms with E-state index in [1.807, 2.05) is 23.7 Å². The van der Waals surface area contributed by atoms with Crippen molar-refractivity contribution in [3.63, 3.8) is 0 Å². The Morgan fingerprint density at radius 3 is 2.89 bits per heavy atom. The van der Waals surface area contributed by atoms with Gasteiger partial charge in [-0.3, -0.25) is 5.10 Å². The number of aromatic nitrogens is 3. The summed E-state index contributed by atoms with van der Waals surface area (Å²) in [5.74, 6) is 1.09. The molecule has 2 aromatic rings. The maximum Gasteiger partial charge on any atom is 0.286 e. The molecule has 0 aromatic carbocycles. The molecule has 7 heteroatoms. The Labute approximate surface area is 124 Å². The van der Waals surface area contributed by atoms with Crippen LogP contribution in [0.5, 0.6) is 0 Å². The maximum atomic E-state index is 4.47. The Kier molecular flexibility index (Phi) is 5.40. The third kappa shape index (κ3) is 3.29. The van der Waals surface area contributed by atoms with Gasteiger partial charge in [-0.2, -0.15) is 0 Å². The number of hydrogen-bond acceptors (Lipinski definition) is 2. The number of aromatic amines is 1. The second-order valence-corrected chi connectivity index (χ2v) is 4.96. The van der Waals surface area contributed by atoms with Crippen LogP contribution in [0.25, 0.3) is 5.65 Å². The highest BCUT2D eigenvalue weighted by Gasteiger charge is 2.27. The minimum absolute atomic E-state index is 0. The van der Waals surface area contributed by atoms with Crippen LogP contribution in [0.2, 0.25) is 0 Å². The normalized spacial score (nSPS) is 21.8. The van der Waals surface area contributed by atoms with Gasteiger partial charge in [-0.1, -0.05) is 0 Å². The van der Waals surface area contributed by atoms with Crippen molar-refractivity contribution in [1.82, 2.24) is 10.1 Å². The quantitative estimate of drug-likeness (QED) is 0.484.